The second kappa shape index (κ2) is 12.0. The summed E-state index contributed by atoms with van der Waals surface area (Å²) in [6.45, 7) is 0. The summed E-state index contributed by atoms with van der Waals surface area (Å²) < 4.78 is 0.969. The number of hydrogen-bond donors (Lipinski definition) is 4. The molecule has 0 aliphatic carbocycles. The topological polar surface area (TPSA) is 146 Å². The number of carboxylic acids is 2. The second-order valence-corrected chi connectivity index (χ2v) is 10.6. The molecule has 1 aromatic heterocycles. The number of halogens is 1. The van der Waals surface area contributed by atoms with Crippen LogP contribution in [0.25, 0.3) is 11.3 Å². The average Bonchev–Trinajstić information content (AvgIpc) is 3.36. The van der Waals surface area contributed by atoms with Gasteiger partial charge < -0.3 is 20.8 Å². The van der Waals surface area contributed by atoms with Crippen molar-refractivity contribution in [3.05, 3.63) is 93.3 Å². The van der Waals surface area contributed by atoms with Crippen molar-refractivity contribution in [3.8, 4) is 11.3 Å². The van der Waals surface area contributed by atoms with Gasteiger partial charge in [-0.3, -0.25) is 9.59 Å². The number of carbonyl (C=O) groups excluding carboxylic acids is 2. The van der Waals surface area contributed by atoms with E-state index in [1.54, 1.807) is 24.3 Å². The zero-order valence-electron chi connectivity index (χ0n) is 19.3. The van der Waals surface area contributed by atoms with Crippen molar-refractivity contribution in [3.63, 3.8) is 0 Å². The molecule has 4 aromatic rings. The third kappa shape index (κ3) is 6.85. The van der Waals surface area contributed by atoms with Crippen LogP contribution in [0.3, 0.4) is 0 Å². The first-order valence-electron chi connectivity index (χ1n) is 10.9. The van der Waals surface area contributed by atoms with Gasteiger partial charge in [-0.25, -0.2) is 14.6 Å². The summed E-state index contributed by atoms with van der Waals surface area (Å²) in [4.78, 5) is 52.8. The summed E-state index contributed by atoms with van der Waals surface area (Å²) in [5, 5.41) is 26.2. The van der Waals surface area contributed by atoms with Crippen LogP contribution in [0.4, 0.5) is 10.8 Å². The lowest BCUT2D eigenvalue weighted by molar-refractivity contribution is -0.113. The van der Waals surface area contributed by atoms with Gasteiger partial charge in [-0.2, -0.15) is 0 Å². The van der Waals surface area contributed by atoms with Gasteiger partial charge in [-0.05, 0) is 54.6 Å². The highest BCUT2D eigenvalue weighted by Crippen LogP contribution is 2.27. The highest BCUT2D eigenvalue weighted by Gasteiger charge is 2.19. The first-order chi connectivity index (χ1) is 18.2. The molecule has 0 aliphatic rings. The maximum absolute atomic E-state index is 12.6. The van der Waals surface area contributed by atoms with Crippen molar-refractivity contribution in [2.75, 3.05) is 16.4 Å². The Kier molecular flexibility index (Phi) is 8.56. The van der Waals surface area contributed by atoms with Gasteiger partial charge in [0.15, 0.2) is 5.13 Å². The van der Waals surface area contributed by atoms with Crippen LogP contribution < -0.4 is 10.6 Å². The van der Waals surface area contributed by atoms with E-state index in [1.807, 2.05) is 29.6 Å². The number of nitrogens with one attached hydrogen (secondary N) is 2. The van der Waals surface area contributed by atoms with E-state index < -0.39 is 23.4 Å². The first-order valence-corrected chi connectivity index (χ1v) is 13.5. The molecule has 0 atom stereocenters. The molecule has 0 saturated heterocycles. The molecule has 9 nitrogen and oxygen atoms in total. The van der Waals surface area contributed by atoms with E-state index in [0.717, 1.165) is 32.8 Å². The molecule has 0 aliphatic heterocycles. The fourth-order valence-electron chi connectivity index (χ4n) is 3.27. The number of thiazole rings is 1. The molecule has 0 spiro atoms. The summed E-state index contributed by atoms with van der Waals surface area (Å²) in [5.74, 6) is -3.46. The SMILES string of the molecule is O=C(CSc1ccc(NC(=O)c2ccc(C(=O)O)cc2C(=O)O)cc1)Nc1nc(-c2ccc(Br)cc2)cs1. The number of hydrogen-bond acceptors (Lipinski definition) is 7. The molecular weight excluding hydrogens is 594 g/mol. The Morgan fingerprint density at radius 2 is 1.58 bits per heavy atom. The van der Waals surface area contributed by atoms with E-state index in [-0.39, 0.29) is 22.8 Å². The van der Waals surface area contributed by atoms with Crippen molar-refractivity contribution in [1.82, 2.24) is 4.98 Å². The predicted octanol–water partition coefficient (Wildman–Crippen LogP) is 5.95. The van der Waals surface area contributed by atoms with Crippen LogP contribution in [0, 0.1) is 0 Å². The fraction of sp³-hybridized carbons (Fsp3) is 0.0385. The van der Waals surface area contributed by atoms with Gasteiger partial charge in [0.05, 0.1) is 28.1 Å². The number of anilines is 2. The largest absolute Gasteiger partial charge is 0.478 e. The molecule has 0 bridgehead atoms. The number of thioether (sulfide) groups is 1. The van der Waals surface area contributed by atoms with Crippen LogP contribution in [0.1, 0.15) is 31.1 Å². The second-order valence-electron chi connectivity index (χ2n) is 7.73. The predicted molar refractivity (Wildman–Crippen MR) is 149 cm³/mol. The third-order valence-electron chi connectivity index (χ3n) is 5.11. The Morgan fingerprint density at radius 3 is 2.24 bits per heavy atom. The van der Waals surface area contributed by atoms with Crippen molar-refractivity contribution in [2.45, 2.75) is 4.90 Å². The molecule has 0 unspecified atom stereocenters. The lowest BCUT2D eigenvalue weighted by Crippen LogP contribution is -2.17. The minimum Gasteiger partial charge on any atom is -0.478 e. The highest BCUT2D eigenvalue weighted by molar-refractivity contribution is 9.10. The van der Waals surface area contributed by atoms with Gasteiger partial charge in [-0.15, -0.1) is 23.1 Å². The van der Waals surface area contributed by atoms with Gasteiger partial charge in [0, 0.05) is 26.0 Å². The monoisotopic (exact) mass is 611 g/mol. The summed E-state index contributed by atoms with van der Waals surface area (Å²) >= 11 is 6.04. The summed E-state index contributed by atoms with van der Waals surface area (Å²) in [5.41, 5.74) is 1.32. The Hall–Kier alpha value is -4.00. The average molecular weight is 612 g/mol. The lowest BCUT2D eigenvalue weighted by atomic mass is 10.0. The maximum atomic E-state index is 12.6. The van der Waals surface area contributed by atoms with E-state index in [1.165, 1.54) is 29.2 Å². The van der Waals surface area contributed by atoms with Crippen molar-refractivity contribution >= 4 is 73.6 Å². The lowest BCUT2D eigenvalue weighted by Gasteiger charge is -2.09. The van der Waals surface area contributed by atoms with Crippen molar-refractivity contribution < 1.29 is 29.4 Å². The first kappa shape index (κ1) is 27.0. The van der Waals surface area contributed by atoms with E-state index in [2.05, 4.69) is 31.5 Å². The van der Waals surface area contributed by atoms with E-state index in [4.69, 9.17) is 5.11 Å². The maximum Gasteiger partial charge on any atom is 0.336 e. The van der Waals surface area contributed by atoms with Crippen molar-refractivity contribution in [1.29, 1.82) is 0 Å². The van der Waals surface area contributed by atoms with Crippen LogP contribution in [-0.4, -0.2) is 44.7 Å². The smallest absolute Gasteiger partial charge is 0.336 e. The normalized spacial score (nSPS) is 10.6. The molecule has 4 N–H and O–H groups in total. The number of carbonyl (C=O) groups is 4. The standard InChI is InChI=1S/C26H18BrN3O6S2/c27-16-4-1-14(2-5-16)21-12-38-26(29-21)30-22(31)13-37-18-8-6-17(7-9-18)28-23(32)19-10-3-15(24(33)34)11-20(19)25(35)36/h1-12H,13H2,(H,28,32)(H,33,34)(H,35,36)(H,29,30,31). The third-order valence-corrected chi connectivity index (χ3v) is 7.41. The van der Waals surface area contributed by atoms with Crippen LogP contribution in [-0.2, 0) is 4.79 Å². The number of aromatic nitrogens is 1. The van der Waals surface area contributed by atoms with Crippen molar-refractivity contribution in [2.24, 2.45) is 0 Å². The molecule has 0 radical (unpaired) electrons. The Morgan fingerprint density at radius 1 is 0.868 bits per heavy atom. The number of rotatable bonds is 9. The minimum absolute atomic E-state index is 0.150. The molecule has 192 valence electrons. The van der Waals surface area contributed by atoms with Crippen LogP contribution in [0.15, 0.2) is 81.5 Å². The Balaban J connectivity index is 1.32. The molecular formula is C26H18BrN3O6S2. The quantitative estimate of drug-likeness (QED) is 0.170. The number of aromatic carboxylic acids is 2. The summed E-state index contributed by atoms with van der Waals surface area (Å²) in [7, 11) is 0. The van der Waals surface area contributed by atoms with Gasteiger partial charge >= 0.3 is 11.9 Å². The number of nitrogens with zero attached hydrogens (tertiary/aromatic N) is 1. The molecule has 0 fully saturated rings. The van der Waals surface area contributed by atoms with Crippen LogP contribution in [0.2, 0.25) is 0 Å². The van der Waals surface area contributed by atoms with E-state index >= 15 is 0 Å². The van der Waals surface area contributed by atoms with Gasteiger partial charge in [0.25, 0.3) is 5.91 Å². The van der Waals surface area contributed by atoms with Crippen LogP contribution in [0.5, 0.6) is 0 Å². The van der Waals surface area contributed by atoms with Gasteiger partial charge in [0.1, 0.15) is 0 Å². The zero-order chi connectivity index (χ0) is 27.2. The Bertz CT molecular complexity index is 1520. The molecule has 2 amide bonds. The molecule has 1 heterocycles. The van der Waals surface area contributed by atoms with E-state index in [0.29, 0.717) is 10.8 Å². The highest BCUT2D eigenvalue weighted by atomic mass is 79.9. The molecule has 12 heteroatoms. The molecule has 38 heavy (non-hydrogen) atoms. The summed E-state index contributed by atoms with van der Waals surface area (Å²) in [6, 6.07) is 17.7. The van der Waals surface area contributed by atoms with Gasteiger partial charge in [0.2, 0.25) is 5.91 Å². The molecule has 3 aromatic carbocycles. The minimum atomic E-state index is -1.41. The molecule has 0 saturated carbocycles. The fourth-order valence-corrected chi connectivity index (χ4v) is 4.97. The van der Waals surface area contributed by atoms with E-state index in [9.17, 15) is 24.3 Å². The number of benzene rings is 3. The number of amides is 2. The molecule has 4 rings (SSSR count). The Labute approximate surface area is 233 Å². The summed E-state index contributed by atoms with van der Waals surface area (Å²) in [6.07, 6.45) is 0. The number of carboxylic acid groups (broad SMARTS) is 2. The van der Waals surface area contributed by atoms with Gasteiger partial charge in [-0.1, -0.05) is 28.1 Å². The van der Waals surface area contributed by atoms with Crippen LogP contribution >= 0.6 is 39.0 Å². The zero-order valence-corrected chi connectivity index (χ0v) is 22.5.